The maximum atomic E-state index is 13.5. The number of benzene rings is 1. The zero-order chi connectivity index (χ0) is 14.8. The number of amides is 1. The van der Waals surface area contributed by atoms with Gasteiger partial charge in [-0.2, -0.15) is 10.4 Å². The summed E-state index contributed by atoms with van der Waals surface area (Å²) < 4.78 is 15.0. The van der Waals surface area contributed by atoms with E-state index in [1.165, 1.54) is 29.0 Å². The Balaban J connectivity index is 1.98. The van der Waals surface area contributed by atoms with Crippen molar-refractivity contribution in [2.24, 2.45) is 0 Å². The van der Waals surface area contributed by atoms with Crippen LogP contribution in [-0.2, 0) is 0 Å². The maximum Gasteiger partial charge on any atom is 0.259 e. The third kappa shape index (κ3) is 2.19. The summed E-state index contributed by atoms with van der Waals surface area (Å²) in [5, 5.41) is 15.5. The molecule has 0 atom stereocenters. The fourth-order valence-electron chi connectivity index (χ4n) is 1.94. The zero-order valence-electron chi connectivity index (χ0n) is 10.6. The number of hydrogen-bond acceptors (Lipinski definition) is 4. The van der Waals surface area contributed by atoms with Gasteiger partial charge in [-0.1, -0.05) is 6.07 Å². The molecule has 0 unspecified atom stereocenters. The van der Waals surface area contributed by atoms with Gasteiger partial charge in [-0.3, -0.25) is 9.78 Å². The molecule has 0 saturated carbocycles. The average molecular weight is 281 g/mol. The lowest BCUT2D eigenvalue weighted by molar-refractivity contribution is 0.102. The smallest absolute Gasteiger partial charge is 0.259 e. The monoisotopic (exact) mass is 281 g/mol. The molecule has 3 rings (SSSR count). The first kappa shape index (κ1) is 12.7. The van der Waals surface area contributed by atoms with E-state index in [2.05, 4.69) is 15.4 Å². The Kier molecular flexibility index (Phi) is 3.04. The van der Waals surface area contributed by atoms with E-state index in [9.17, 15) is 9.18 Å². The predicted octanol–water partition coefficient (Wildman–Crippen LogP) is 1.99. The van der Waals surface area contributed by atoms with Gasteiger partial charge in [0.1, 0.15) is 17.4 Å². The van der Waals surface area contributed by atoms with Crippen LogP contribution in [0.25, 0.3) is 5.52 Å². The zero-order valence-corrected chi connectivity index (χ0v) is 10.6. The highest BCUT2D eigenvalue weighted by atomic mass is 19.1. The normalized spacial score (nSPS) is 10.3. The second-order valence-corrected chi connectivity index (χ2v) is 4.19. The summed E-state index contributed by atoms with van der Waals surface area (Å²) in [6.45, 7) is 0. The van der Waals surface area contributed by atoms with E-state index in [0.717, 1.165) is 6.07 Å². The van der Waals surface area contributed by atoms with Crippen molar-refractivity contribution < 1.29 is 9.18 Å². The summed E-state index contributed by atoms with van der Waals surface area (Å²) in [4.78, 5) is 16.2. The third-order valence-electron chi connectivity index (χ3n) is 2.94. The number of nitriles is 1. The largest absolute Gasteiger partial charge is 0.321 e. The lowest BCUT2D eigenvalue weighted by Crippen LogP contribution is -2.13. The van der Waals surface area contributed by atoms with Gasteiger partial charge in [-0.05, 0) is 12.1 Å². The van der Waals surface area contributed by atoms with E-state index in [1.54, 1.807) is 18.5 Å². The van der Waals surface area contributed by atoms with Gasteiger partial charge < -0.3 is 5.32 Å². The van der Waals surface area contributed by atoms with E-state index in [4.69, 9.17) is 5.26 Å². The number of rotatable bonds is 2. The van der Waals surface area contributed by atoms with Crippen LogP contribution in [0.2, 0.25) is 0 Å². The molecule has 2 heterocycles. The standard InChI is InChI=1S/C14H8FN5O/c15-11-2-1-3-12(9(11)6-16)19-14(21)10-7-18-20-5-4-17-8-13(10)20/h1-5,7-8H,(H,19,21). The molecule has 21 heavy (non-hydrogen) atoms. The summed E-state index contributed by atoms with van der Waals surface area (Å²) in [7, 11) is 0. The molecule has 0 aliphatic carbocycles. The fourth-order valence-corrected chi connectivity index (χ4v) is 1.94. The summed E-state index contributed by atoms with van der Waals surface area (Å²) in [5.41, 5.74) is 0.715. The number of carbonyl (C=O) groups excluding carboxylic acids is 1. The maximum absolute atomic E-state index is 13.5. The van der Waals surface area contributed by atoms with E-state index in [0.29, 0.717) is 5.52 Å². The minimum absolute atomic E-state index is 0.116. The molecule has 2 aromatic heterocycles. The SMILES string of the molecule is N#Cc1c(F)cccc1NC(=O)c1cnn2ccncc12. The van der Waals surface area contributed by atoms with Gasteiger partial charge in [0, 0.05) is 12.4 Å². The van der Waals surface area contributed by atoms with Crippen LogP contribution < -0.4 is 5.32 Å². The van der Waals surface area contributed by atoms with Crippen LogP contribution in [-0.4, -0.2) is 20.5 Å². The van der Waals surface area contributed by atoms with E-state index in [-0.39, 0.29) is 16.8 Å². The van der Waals surface area contributed by atoms with Gasteiger partial charge in [0.2, 0.25) is 0 Å². The van der Waals surface area contributed by atoms with Gasteiger partial charge in [-0.15, -0.1) is 0 Å². The van der Waals surface area contributed by atoms with Crippen molar-refractivity contribution >= 4 is 17.1 Å². The first-order valence-electron chi connectivity index (χ1n) is 5.98. The van der Waals surface area contributed by atoms with Crippen molar-refractivity contribution in [2.45, 2.75) is 0 Å². The first-order chi connectivity index (χ1) is 10.2. The number of carbonyl (C=O) groups is 1. The Morgan fingerprint density at radius 2 is 2.24 bits per heavy atom. The molecule has 1 aromatic carbocycles. The molecule has 1 amide bonds. The van der Waals surface area contributed by atoms with Crippen molar-refractivity contribution in [3.63, 3.8) is 0 Å². The molecular formula is C14H8FN5O. The van der Waals surface area contributed by atoms with Crippen molar-refractivity contribution in [3.05, 3.63) is 59.9 Å². The van der Waals surface area contributed by atoms with Crippen molar-refractivity contribution in [2.75, 3.05) is 5.32 Å². The van der Waals surface area contributed by atoms with Crippen LogP contribution in [0.1, 0.15) is 15.9 Å². The van der Waals surface area contributed by atoms with Crippen molar-refractivity contribution in [1.82, 2.24) is 14.6 Å². The number of aromatic nitrogens is 3. The molecule has 0 bridgehead atoms. The molecule has 0 spiro atoms. The number of nitrogens with one attached hydrogen (secondary N) is 1. The summed E-state index contributed by atoms with van der Waals surface area (Å²) in [5.74, 6) is -1.17. The minimum atomic E-state index is -0.683. The number of anilines is 1. The molecule has 0 aliphatic rings. The molecule has 7 heteroatoms. The third-order valence-corrected chi connectivity index (χ3v) is 2.94. The summed E-state index contributed by atoms with van der Waals surface area (Å²) in [6.07, 6.45) is 6.04. The van der Waals surface area contributed by atoms with Gasteiger partial charge in [-0.25, -0.2) is 8.91 Å². The van der Waals surface area contributed by atoms with Crippen LogP contribution in [0.4, 0.5) is 10.1 Å². The quantitative estimate of drug-likeness (QED) is 0.778. The van der Waals surface area contributed by atoms with Crippen LogP contribution >= 0.6 is 0 Å². The Hall–Kier alpha value is -3.27. The first-order valence-corrected chi connectivity index (χ1v) is 5.98. The number of hydrogen-bond donors (Lipinski definition) is 1. The van der Waals surface area contributed by atoms with E-state index < -0.39 is 11.7 Å². The second kappa shape index (κ2) is 5.02. The van der Waals surface area contributed by atoms with Gasteiger partial charge in [0.05, 0.1) is 29.2 Å². The summed E-state index contributed by atoms with van der Waals surface area (Å²) in [6, 6.07) is 5.77. The molecule has 6 nitrogen and oxygen atoms in total. The van der Waals surface area contributed by atoms with Crippen molar-refractivity contribution in [3.8, 4) is 6.07 Å². The molecule has 0 fully saturated rings. The molecule has 3 aromatic rings. The molecule has 102 valence electrons. The summed E-state index contributed by atoms with van der Waals surface area (Å²) >= 11 is 0. The van der Waals surface area contributed by atoms with E-state index >= 15 is 0 Å². The lowest BCUT2D eigenvalue weighted by Gasteiger charge is -2.06. The van der Waals surface area contributed by atoms with E-state index in [1.807, 2.05) is 0 Å². The fraction of sp³-hybridized carbons (Fsp3) is 0. The van der Waals surface area contributed by atoms with Gasteiger partial charge in [0.25, 0.3) is 5.91 Å². The highest BCUT2D eigenvalue weighted by Crippen LogP contribution is 2.19. The number of nitrogens with zero attached hydrogens (tertiary/aromatic N) is 4. The molecular weight excluding hydrogens is 273 g/mol. The highest BCUT2D eigenvalue weighted by Gasteiger charge is 2.15. The molecule has 0 radical (unpaired) electrons. The molecule has 0 aliphatic heterocycles. The number of halogens is 1. The molecule has 1 N–H and O–H groups in total. The second-order valence-electron chi connectivity index (χ2n) is 4.19. The predicted molar refractivity (Wildman–Crippen MR) is 72.1 cm³/mol. The Morgan fingerprint density at radius 1 is 1.38 bits per heavy atom. The Morgan fingerprint density at radius 3 is 3.05 bits per heavy atom. The Bertz CT molecular complexity index is 880. The lowest BCUT2D eigenvalue weighted by atomic mass is 10.1. The number of fused-ring (bicyclic) bond motifs is 1. The van der Waals surface area contributed by atoms with Gasteiger partial charge >= 0.3 is 0 Å². The van der Waals surface area contributed by atoms with Crippen LogP contribution in [0.5, 0.6) is 0 Å². The van der Waals surface area contributed by atoms with Crippen LogP contribution in [0.15, 0.2) is 43.0 Å². The average Bonchev–Trinajstić information content (AvgIpc) is 2.91. The van der Waals surface area contributed by atoms with Crippen molar-refractivity contribution in [1.29, 1.82) is 5.26 Å². The minimum Gasteiger partial charge on any atom is -0.321 e. The Labute approximate surface area is 118 Å². The topological polar surface area (TPSA) is 83.1 Å². The highest BCUT2D eigenvalue weighted by molar-refractivity contribution is 6.09. The van der Waals surface area contributed by atoms with Crippen LogP contribution in [0, 0.1) is 17.1 Å². The molecule has 0 saturated heterocycles. The van der Waals surface area contributed by atoms with Gasteiger partial charge in [0.15, 0.2) is 0 Å². The van der Waals surface area contributed by atoms with Crippen LogP contribution in [0.3, 0.4) is 0 Å².